The van der Waals surface area contributed by atoms with Gasteiger partial charge < -0.3 is 14.9 Å². The Morgan fingerprint density at radius 2 is 2.26 bits per heavy atom. The molecule has 1 aliphatic carbocycles. The number of hydrogen-bond acceptors (Lipinski definition) is 3. The fourth-order valence-electron chi connectivity index (χ4n) is 6.76. The molecule has 2 saturated heterocycles. The standard InChI is InChI=1S/C23H28N2O2/c1-3-5-10-25-11-9-23-18-7-6-8-19(27)21(18)24-22(23)17(14-26)16(12-20(23)25)15(4-2)13-25/h4,6-8,14,16,20H,3,5,9-13H2,1-2H3,(H-,24,26,27)/p+1/b15-4-/t16-,20-,23+,25-/m0/s1. The van der Waals surface area contributed by atoms with Crippen LogP contribution >= 0.6 is 0 Å². The number of aldehydes is 1. The average molecular weight is 365 g/mol. The molecule has 1 aromatic rings. The number of carbonyl (C=O) groups excluding carboxylic acids is 1. The lowest BCUT2D eigenvalue weighted by Gasteiger charge is -2.53. The lowest BCUT2D eigenvalue weighted by Crippen LogP contribution is -2.63. The summed E-state index contributed by atoms with van der Waals surface area (Å²) in [5, 5.41) is 14.0. The van der Waals surface area contributed by atoms with E-state index in [0.29, 0.717) is 11.8 Å². The predicted octanol–water partition coefficient (Wildman–Crippen LogP) is 3.88. The summed E-state index contributed by atoms with van der Waals surface area (Å²) in [6, 6.07) is 6.37. The molecule has 0 radical (unpaired) electrons. The Labute approximate surface area is 161 Å². The summed E-state index contributed by atoms with van der Waals surface area (Å²) in [5.41, 5.74) is 5.34. The fraction of sp³-hybridized carbons (Fsp3) is 0.522. The number of anilines is 1. The molecule has 3 aliphatic heterocycles. The number of phenols is 1. The van der Waals surface area contributed by atoms with Gasteiger partial charge in [-0.1, -0.05) is 31.6 Å². The predicted molar refractivity (Wildman–Crippen MR) is 107 cm³/mol. The van der Waals surface area contributed by atoms with Crippen LogP contribution in [-0.4, -0.2) is 41.6 Å². The minimum Gasteiger partial charge on any atom is -0.506 e. The van der Waals surface area contributed by atoms with Gasteiger partial charge in [0, 0.05) is 30.0 Å². The lowest BCUT2D eigenvalue weighted by atomic mass is 9.61. The normalized spacial score (nSPS) is 37.2. The first-order valence-corrected chi connectivity index (χ1v) is 10.4. The van der Waals surface area contributed by atoms with Gasteiger partial charge in [0.25, 0.3) is 0 Å². The van der Waals surface area contributed by atoms with Gasteiger partial charge in [-0.3, -0.25) is 4.79 Å². The van der Waals surface area contributed by atoms with Gasteiger partial charge in [0.2, 0.25) is 0 Å². The highest BCUT2D eigenvalue weighted by Gasteiger charge is 2.68. The van der Waals surface area contributed by atoms with Crippen molar-refractivity contribution < 1.29 is 14.4 Å². The van der Waals surface area contributed by atoms with Gasteiger partial charge in [0.1, 0.15) is 24.6 Å². The first-order chi connectivity index (χ1) is 13.1. The number of carbonyl (C=O) groups is 1. The van der Waals surface area contributed by atoms with Crippen molar-refractivity contribution >= 4 is 12.0 Å². The molecule has 0 aromatic heterocycles. The minimum atomic E-state index is -0.131. The van der Waals surface area contributed by atoms with Crippen LogP contribution in [0.4, 0.5) is 5.69 Å². The van der Waals surface area contributed by atoms with Gasteiger partial charge in [-0.25, -0.2) is 0 Å². The van der Waals surface area contributed by atoms with Crippen LogP contribution in [0.1, 0.15) is 45.1 Å². The number of aromatic hydroxyl groups is 1. The van der Waals surface area contributed by atoms with E-state index in [-0.39, 0.29) is 11.3 Å². The van der Waals surface area contributed by atoms with E-state index in [4.69, 9.17) is 0 Å². The van der Waals surface area contributed by atoms with Gasteiger partial charge in [-0.15, -0.1) is 0 Å². The Morgan fingerprint density at radius 3 is 3.00 bits per heavy atom. The average Bonchev–Trinajstić information content (AvgIpc) is 3.21. The van der Waals surface area contributed by atoms with E-state index >= 15 is 0 Å². The molecular formula is C23H29N2O2+. The highest BCUT2D eigenvalue weighted by atomic mass is 16.3. The second kappa shape index (κ2) is 5.71. The fourth-order valence-corrected chi connectivity index (χ4v) is 6.76. The lowest BCUT2D eigenvalue weighted by molar-refractivity contribution is -0.941. The van der Waals surface area contributed by atoms with E-state index in [1.807, 2.05) is 6.07 Å². The van der Waals surface area contributed by atoms with Crippen molar-refractivity contribution in [1.29, 1.82) is 0 Å². The summed E-state index contributed by atoms with van der Waals surface area (Å²) in [5.74, 6) is 0.531. The van der Waals surface area contributed by atoms with E-state index in [0.717, 1.165) is 53.7 Å². The third-order valence-electron chi connectivity index (χ3n) is 7.92. The quantitative estimate of drug-likeness (QED) is 0.368. The van der Waals surface area contributed by atoms with Crippen molar-refractivity contribution in [2.45, 2.75) is 51.0 Å². The van der Waals surface area contributed by atoms with Gasteiger partial charge in [-0.2, -0.15) is 0 Å². The molecule has 4 nitrogen and oxygen atoms in total. The Balaban J connectivity index is 1.78. The molecule has 0 saturated carbocycles. The zero-order chi connectivity index (χ0) is 18.8. The van der Waals surface area contributed by atoms with Gasteiger partial charge in [0.15, 0.2) is 0 Å². The number of benzene rings is 1. The minimum absolute atomic E-state index is 0.131. The molecule has 1 aromatic carbocycles. The van der Waals surface area contributed by atoms with Crippen LogP contribution in [-0.2, 0) is 10.2 Å². The number of nitrogens with one attached hydrogen (secondary N) is 1. The van der Waals surface area contributed by atoms with Crippen molar-refractivity contribution in [2.24, 2.45) is 5.92 Å². The molecular weight excluding hydrogens is 336 g/mol. The molecule has 2 bridgehead atoms. The Morgan fingerprint density at radius 1 is 1.41 bits per heavy atom. The van der Waals surface area contributed by atoms with Crippen LogP contribution in [0.5, 0.6) is 5.75 Å². The van der Waals surface area contributed by atoms with Gasteiger partial charge >= 0.3 is 0 Å². The van der Waals surface area contributed by atoms with Crippen LogP contribution in [0.25, 0.3) is 0 Å². The maximum Gasteiger partial charge on any atom is 0.148 e. The highest BCUT2D eigenvalue weighted by molar-refractivity contribution is 5.85. The summed E-state index contributed by atoms with van der Waals surface area (Å²) in [7, 11) is 0. The largest absolute Gasteiger partial charge is 0.506 e. The van der Waals surface area contributed by atoms with Crippen molar-refractivity contribution in [3.05, 3.63) is 46.7 Å². The third-order valence-corrected chi connectivity index (χ3v) is 7.92. The Kier molecular flexibility index (Phi) is 3.61. The van der Waals surface area contributed by atoms with Crippen molar-refractivity contribution in [3.63, 3.8) is 0 Å². The van der Waals surface area contributed by atoms with E-state index in [9.17, 15) is 9.90 Å². The van der Waals surface area contributed by atoms with Gasteiger partial charge in [0.05, 0.1) is 24.2 Å². The molecule has 142 valence electrons. The van der Waals surface area contributed by atoms with Crippen molar-refractivity contribution in [1.82, 2.24) is 0 Å². The second-order valence-corrected chi connectivity index (χ2v) is 8.84. The van der Waals surface area contributed by atoms with Crippen molar-refractivity contribution in [2.75, 3.05) is 25.0 Å². The zero-order valence-electron chi connectivity index (χ0n) is 16.3. The summed E-state index contributed by atoms with van der Waals surface area (Å²) in [6.07, 6.45) is 7.91. The number of quaternary nitrogens is 1. The Bertz CT molecular complexity index is 886. The van der Waals surface area contributed by atoms with Gasteiger partial charge in [-0.05, 0) is 30.5 Å². The molecule has 5 rings (SSSR count). The smallest absolute Gasteiger partial charge is 0.148 e. The van der Waals surface area contributed by atoms with Crippen LogP contribution in [0.15, 0.2) is 41.1 Å². The van der Waals surface area contributed by atoms with E-state index in [1.54, 1.807) is 6.07 Å². The Hall–Kier alpha value is -2.07. The number of hydrogen-bond donors (Lipinski definition) is 2. The van der Waals surface area contributed by atoms with E-state index in [1.165, 1.54) is 30.5 Å². The summed E-state index contributed by atoms with van der Waals surface area (Å²) >= 11 is 0. The molecule has 0 amide bonds. The summed E-state index contributed by atoms with van der Waals surface area (Å²) in [6.45, 7) is 7.84. The second-order valence-electron chi connectivity index (χ2n) is 8.84. The monoisotopic (exact) mass is 365 g/mol. The van der Waals surface area contributed by atoms with Crippen LogP contribution in [0.3, 0.4) is 0 Å². The van der Waals surface area contributed by atoms with Crippen LogP contribution in [0.2, 0.25) is 0 Å². The topological polar surface area (TPSA) is 49.3 Å². The molecule has 2 fully saturated rings. The van der Waals surface area contributed by atoms with E-state index in [2.05, 4.69) is 31.3 Å². The SMILES string of the molecule is C/C=C1/C[N@+]2(CCCC)CC[C@]34C(=C(C=O)[C@H]1C[C@@H]32)Nc1c(O)cccc14. The number of unbranched alkanes of at least 4 members (excludes halogenated alkanes) is 1. The number of para-hydroxylation sites is 1. The molecule has 0 unspecified atom stereocenters. The highest BCUT2D eigenvalue weighted by Crippen LogP contribution is 2.64. The number of nitrogens with zero attached hydrogens (tertiary/aromatic N) is 1. The summed E-state index contributed by atoms with van der Waals surface area (Å²) in [4.78, 5) is 12.2. The molecule has 2 N–H and O–H groups in total. The zero-order valence-corrected chi connectivity index (χ0v) is 16.3. The number of piperidine rings is 1. The molecule has 4 aliphatic rings. The first kappa shape index (κ1) is 17.1. The summed E-state index contributed by atoms with van der Waals surface area (Å²) < 4.78 is 1.15. The number of rotatable bonds is 4. The molecule has 4 atom stereocenters. The molecule has 3 heterocycles. The number of phenolic OH excluding ortho intramolecular Hbond substituents is 1. The number of fused-ring (bicyclic) bond motifs is 2. The van der Waals surface area contributed by atoms with Crippen LogP contribution in [0, 0.1) is 5.92 Å². The number of allylic oxidation sites excluding steroid dienone is 2. The molecule has 1 spiro atoms. The van der Waals surface area contributed by atoms with Crippen LogP contribution < -0.4 is 5.32 Å². The maximum absolute atomic E-state index is 12.2. The first-order valence-electron chi connectivity index (χ1n) is 10.4. The van der Waals surface area contributed by atoms with E-state index < -0.39 is 0 Å². The van der Waals surface area contributed by atoms with Crippen molar-refractivity contribution in [3.8, 4) is 5.75 Å². The molecule has 27 heavy (non-hydrogen) atoms. The third kappa shape index (κ3) is 1.94. The molecule has 4 heteroatoms. The maximum atomic E-state index is 12.2.